The van der Waals surface area contributed by atoms with E-state index in [9.17, 15) is 29.4 Å². The van der Waals surface area contributed by atoms with Gasteiger partial charge in [-0.2, -0.15) is 18.9 Å². The number of ether oxygens (including phenoxy) is 2. The predicted octanol–water partition coefficient (Wildman–Crippen LogP) is -2.13. The molecule has 46 heavy (non-hydrogen) atoms. The van der Waals surface area contributed by atoms with E-state index in [1.807, 2.05) is 0 Å². The third kappa shape index (κ3) is 5.34. The number of hydrogen-bond acceptors (Lipinski definition) is 19. The Morgan fingerprint density at radius 1 is 1.00 bits per heavy atom. The molecule has 248 valence electrons. The van der Waals surface area contributed by atoms with E-state index in [-0.39, 0.29) is 34.1 Å². The molecule has 0 radical (unpaired) electrons. The van der Waals surface area contributed by atoms with Crippen molar-refractivity contribution in [3.05, 3.63) is 29.3 Å². The van der Waals surface area contributed by atoms with Crippen LogP contribution in [0.4, 0.5) is 11.8 Å². The first-order valence-corrected chi connectivity index (χ1v) is 16.4. The Bertz CT molecular complexity index is 1890. The third-order valence-electron chi connectivity index (χ3n) is 7.55. The number of hydrogen-bond donors (Lipinski definition) is 7. The van der Waals surface area contributed by atoms with E-state index in [1.54, 1.807) is 0 Å². The van der Waals surface area contributed by atoms with Crippen LogP contribution in [0.5, 0.6) is 0 Å². The molecule has 0 saturated carbocycles. The number of rotatable bonds is 3. The summed E-state index contributed by atoms with van der Waals surface area (Å²) in [6.45, 7) is -1.39. The Balaban J connectivity index is 1.22. The van der Waals surface area contributed by atoms with E-state index < -0.39 is 83.8 Å². The molecule has 0 amide bonds. The van der Waals surface area contributed by atoms with Crippen molar-refractivity contribution in [1.82, 2.24) is 39.0 Å². The van der Waals surface area contributed by atoms with Crippen LogP contribution in [-0.4, -0.2) is 116 Å². The fourth-order valence-corrected chi connectivity index (χ4v) is 7.48. The van der Waals surface area contributed by atoms with Gasteiger partial charge in [0, 0.05) is 0 Å². The van der Waals surface area contributed by atoms with E-state index in [4.69, 9.17) is 43.6 Å². The molecule has 4 aromatic heterocycles. The lowest BCUT2D eigenvalue weighted by Crippen LogP contribution is -2.37. The topological polar surface area (TPSA) is 322 Å². The lowest BCUT2D eigenvalue weighted by molar-refractivity contribution is -0.0732. The van der Waals surface area contributed by atoms with E-state index in [0.717, 1.165) is 13.4 Å². The van der Waals surface area contributed by atoms with Crippen molar-refractivity contribution in [3.63, 3.8) is 0 Å². The van der Waals surface area contributed by atoms with Gasteiger partial charge in [-0.1, -0.05) is 0 Å². The Morgan fingerprint density at radius 3 is 2.48 bits per heavy atom. The maximum Gasteiger partial charge on any atom is 0.572 e. The summed E-state index contributed by atoms with van der Waals surface area (Å²) in [4.78, 5) is 56.9. The second kappa shape index (κ2) is 11.5. The van der Waals surface area contributed by atoms with Crippen LogP contribution in [0.15, 0.2) is 23.8 Å². The minimum absolute atomic E-state index is 0.0609. The normalized spacial score (nSPS) is 37.2. The number of aromatic nitrogens is 8. The average molecular weight is 689 g/mol. The summed E-state index contributed by atoms with van der Waals surface area (Å²) < 4.78 is 54.7. The van der Waals surface area contributed by atoms with Gasteiger partial charge in [0.2, 0.25) is 5.95 Å². The van der Waals surface area contributed by atoms with E-state index in [1.165, 1.54) is 21.8 Å². The molecule has 25 heteroatoms. The molecular formula is C21H27N10O13P2+. The quantitative estimate of drug-likeness (QED) is 0.113. The number of H-pyrrole nitrogens is 1. The molecule has 10 unspecified atom stereocenters. The van der Waals surface area contributed by atoms with Crippen LogP contribution in [0.3, 0.4) is 0 Å². The minimum Gasteiger partial charge on any atom is -0.387 e. The molecule has 10 atom stereocenters. The fraction of sp³-hybridized carbons (Fsp3) is 0.524. The first-order chi connectivity index (χ1) is 21.9. The number of aliphatic hydroxyl groups is 2. The molecule has 3 aliphatic heterocycles. The number of nitrogens with zero attached hydrogens (tertiary/aromatic N) is 7. The number of phosphoric ester groups is 1. The Kier molecular flexibility index (Phi) is 7.80. The number of anilines is 2. The van der Waals surface area contributed by atoms with Crippen LogP contribution in [0, 0.1) is 0 Å². The molecule has 3 saturated heterocycles. The Labute approximate surface area is 256 Å². The van der Waals surface area contributed by atoms with Gasteiger partial charge in [0.15, 0.2) is 41.2 Å². The van der Waals surface area contributed by atoms with Gasteiger partial charge in [0.05, 0.1) is 26.4 Å². The van der Waals surface area contributed by atoms with Gasteiger partial charge in [0.1, 0.15) is 49.0 Å². The number of nitrogens with two attached hydrogens (primary N) is 2. The number of aromatic amines is 1. The zero-order valence-electron chi connectivity index (χ0n) is 23.4. The molecule has 9 N–H and O–H groups in total. The van der Waals surface area contributed by atoms with Gasteiger partial charge in [0.25, 0.3) is 5.56 Å². The van der Waals surface area contributed by atoms with Crippen molar-refractivity contribution in [2.45, 2.75) is 49.1 Å². The third-order valence-corrected chi connectivity index (χ3v) is 9.98. The van der Waals surface area contributed by atoms with E-state index >= 15 is 0 Å². The van der Waals surface area contributed by atoms with Gasteiger partial charge < -0.3 is 36.0 Å². The van der Waals surface area contributed by atoms with Crippen LogP contribution in [0.1, 0.15) is 12.5 Å². The monoisotopic (exact) mass is 689 g/mol. The highest BCUT2D eigenvalue weighted by Gasteiger charge is 2.59. The molecule has 0 spiro atoms. The summed E-state index contributed by atoms with van der Waals surface area (Å²) in [5.74, 6) is -0.183. The van der Waals surface area contributed by atoms with E-state index in [2.05, 4.69) is 29.9 Å². The first-order valence-electron chi connectivity index (χ1n) is 13.4. The highest BCUT2D eigenvalue weighted by molar-refractivity contribution is 7.55. The lowest BCUT2D eigenvalue weighted by atomic mass is 10.1. The van der Waals surface area contributed by atoms with Crippen molar-refractivity contribution >= 4 is 50.1 Å². The summed E-state index contributed by atoms with van der Waals surface area (Å²) in [5, 5.41) is 22.4. The van der Waals surface area contributed by atoms with Gasteiger partial charge in [-0.05, 0) is 0 Å². The zero-order valence-corrected chi connectivity index (χ0v) is 25.2. The van der Waals surface area contributed by atoms with Crippen molar-refractivity contribution in [3.8, 4) is 0 Å². The lowest BCUT2D eigenvalue weighted by Gasteiger charge is -2.25. The number of fused-ring (bicyclic) bond motifs is 5. The molecule has 0 aromatic carbocycles. The summed E-state index contributed by atoms with van der Waals surface area (Å²) in [6.07, 6.45) is -8.22. The molecule has 4 aromatic rings. The van der Waals surface area contributed by atoms with Crippen LogP contribution in [-0.2, 0) is 36.7 Å². The van der Waals surface area contributed by atoms with Gasteiger partial charge in [-0.25, -0.2) is 24.5 Å². The number of nitrogens with one attached hydrogen (secondary N) is 1. The second-order valence-electron chi connectivity index (χ2n) is 10.3. The van der Waals surface area contributed by atoms with Crippen LogP contribution in [0.2, 0.25) is 0 Å². The molecule has 7 rings (SSSR count). The Morgan fingerprint density at radius 2 is 1.72 bits per heavy atom. The maximum absolute atomic E-state index is 13.2. The van der Waals surface area contributed by atoms with Crippen molar-refractivity contribution in [2.24, 2.45) is 0 Å². The average Bonchev–Trinajstić information content (AvgIpc) is 3.77. The summed E-state index contributed by atoms with van der Waals surface area (Å²) >= 11 is 0. The predicted molar refractivity (Wildman–Crippen MR) is 150 cm³/mol. The van der Waals surface area contributed by atoms with Gasteiger partial charge in [-0.3, -0.25) is 28.0 Å². The minimum atomic E-state index is -5.02. The maximum atomic E-state index is 13.2. The van der Waals surface area contributed by atoms with Crippen molar-refractivity contribution in [2.75, 3.05) is 31.8 Å². The first kappa shape index (κ1) is 31.3. The molecular weight excluding hydrogens is 662 g/mol. The zero-order chi connectivity index (χ0) is 32.5. The molecule has 0 aliphatic carbocycles. The van der Waals surface area contributed by atoms with Crippen molar-refractivity contribution < 1.29 is 56.7 Å². The highest BCUT2D eigenvalue weighted by atomic mass is 31.2. The number of aliphatic hydroxyl groups excluding tert-OH is 2. The van der Waals surface area contributed by atoms with E-state index in [0.29, 0.717) is 0 Å². The van der Waals surface area contributed by atoms with Crippen LogP contribution >= 0.6 is 16.0 Å². The summed E-state index contributed by atoms with van der Waals surface area (Å²) in [7, 11) is -8.32. The highest BCUT2D eigenvalue weighted by Crippen LogP contribution is 2.61. The van der Waals surface area contributed by atoms with Gasteiger partial charge in [-0.15, -0.1) is 4.52 Å². The summed E-state index contributed by atoms with van der Waals surface area (Å²) in [5.41, 5.74) is 11.1. The van der Waals surface area contributed by atoms with Gasteiger partial charge >= 0.3 is 16.0 Å². The summed E-state index contributed by atoms with van der Waals surface area (Å²) in [6, 6.07) is 0. The molecule has 3 fully saturated rings. The fourth-order valence-electron chi connectivity index (χ4n) is 5.39. The van der Waals surface area contributed by atoms with Crippen LogP contribution < -0.4 is 17.0 Å². The number of phosphoric acid groups is 1. The molecule has 7 heterocycles. The van der Waals surface area contributed by atoms with Crippen molar-refractivity contribution in [1.29, 1.82) is 0 Å². The second-order valence-corrected chi connectivity index (χ2v) is 13.5. The SMILES string of the molecule is CO[P+]1(O)OCC2OC(n3cnc4c(N)ncnc43)C(O)C2OP(=O)(O)OCC2OC(n3cnc4c(=O)[nH]c(N)nc43)C(O1)C2O. The molecule has 3 aliphatic rings. The van der Waals surface area contributed by atoms with Crippen LogP contribution in [0.25, 0.3) is 22.3 Å². The Hall–Kier alpha value is -3.28. The number of nitrogen functional groups attached to an aromatic ring is 2. The number of imidazole rings is 2. The largest absolute Gasteiger partial charge is 0.572 e. The standard InChI is InChI=1S/C21H26N10O13P2/c1-38-46(37)40-3-8-13(12(33)19(42-8)30-5-26-9-15(22)24-4-25-16(9)30)43-45(35,36)39-2-7-11(32)14(44-46)20(41-7)31-6-27-10-17(31)28-21(23)29-18(10)34/h4-8,11-14,19-20,32-33,37H,2-3H2,1H3,(H5-,22,23,24,25,28,29,34,35,36)/p+1. The smallest absolute Gasteiger partial charge is 0.387 e. The molecule has 23 nitrogen and oxygen atoms in total. The molecule has 2 bridgehead atoms.